The van der Waals surface area contributed by atoms with Gasteiger partial charge in [0.15, 0.2) is 0 Å². The molecule has 11 heteroatoms. The number of nitrogen functional groups attached to an aromatic ring is 1. The molecule has 0 aliphatic heterocycles. The fraction of sp³-hybridized carbons (Fsp3) is 0.261. The Kier molecular flexibility index (Phi) is 7.57. The molecule has 0 aliphatic carbocycles. The van der Waals surface area contributed by atoms with Gasteiger partial charge in [0.2, 0.25) is 11.8 Å². The van der Waals surface area contributed by atoms with E-state index in [1.165, 1.54) is 19.1 Å². The van der Waals surface area contributed by atoms with Crippen molar-refractivity contribution in [1.29, 1.82) is 0 Å². The van der Waals surface area contributed by atoms with Crippen LogP contribution in [0.3, 0.4) is 0 Å². The van der Waals surface area contributed by atoms with Crippen LogP contribution in [0.15, 0.2) is 42.5 Å². The standard InChI is InChI=1S/C23H25F3N6O2/c1-13-4-5-16(12-19(13)23(24,25)26)31-22(33)30-15-6-8-17(9-7-15)34-20-18(10-11-28-3)14(2)29-21(27)32-20/h4-9,12,28H,10-11H2,1-3H3,(H2,27,29,32)(H2,30,31,33). The van der Waals surface area contributed by atoms with Crippen molar-refractivity contribution >= 4 is 23.4 Å². The number of likely N-dealkylation sites (N-methyl/N-ethyl adjacent to an activating group) is 1. The van der Waals surface area contributed by atoms with E-state index in [9.17, 15) is 18.0 Å². The highest BCUT2D eigenvalue weighted by Crippen LogP contribution is 2.33. The molecule has 8 nitrogen and oxygen atoms in total. The summed E-state index contributed by atoms with van der Waals surface area (Å²) in [6.07, 6.45) is -3.86. The highest BCUT2D eigenvalue weighted by molar-refractivity contribution is 5.99. The fourth-order valence-electron chi connectivity index (χ4n) is 3.23. The number of aromatic nitrogens is 2. The Morgan fingerprint density at radius 1 is 1.03 bits per heavy atom. The maximum atomic E-state index is 13.1. The van der Waals surface area contributed by atoms with Gasteiger partial charge >= 0.3 is 12.2 Å². The molecular formula is C23H25F3N6O2. The Bertz CT molecular complexity index is 1170. The number of anilines is 3. The summed E-state index contributed by atoms with van der Waals surface area (Å²) in [6.45, 7) is 3.89. The zero-order valence-electron chi connectivity index (χ0n) is 18.9. The lowest BCUT2D eigenvalue weighted by Crippen LogP contribution is -2.20. The molecule has 0 bridgehead atoms. The molecule has 5 N–H and O–H groups in total. The minimum Gasteiger partial charge on any atom is -0.439 e. The first-order chi connectivity index (χ1) is 16.1. The highest BCUT2D eigenvalue weighted by Gasteiger charge is 2.32. The number of ether oxygens (including phenoxy) is 1. The molecule has 0 spiro atoms. The summed E-state index contributed by atoms with van der Waals surface area (Å²) in [5.74, 6) is 0.904. The van der Waals surface area contributed by atoms with E-state index < -0.39 is 17.8 Å². The number of carbonyl (C=O) groups is 1. The highest BCUT2D eigenvalue weighted by atomic mass is 19.4. The molecule has 3 aromatic rings. The third-order valence-corrected chi connectivity index (χ3v) is 4.95. The zero-order chi connectivity index (χ0) is 24.9. The van der Waals surface area contributed by atoms with Gasteiger partial charge in [0.1, 0.15) is 5.75 Å². The first kappa shape index (κ1) is 24.8. The van der Waals surface area contributed by atoms with Crippen LogP contribution in [0.4, 0.5) is 35.3 Å². The number of halogens is 3. The lowest BCUT2D eigenvalue weighted by Gasteiger charge is -2.14. The molecule has 1 aromatic heterocycles. The third kappa shape index (κ3) is 6.35. The first-order valence-electron chi connectivity index (χ1n) is 10.4. The number of nitrogens with two attached hydrogens (primary N) is 1. The largest absolute Gasteiger partial charge is 0.439 e. The Morgan fingerprint density at radius 3 is 2.32 bits per heavy atom. The Labute approximate surface area is 194 Å². The Morgan fingerprint density at radius 2 is 1.68 bits per heavy atom. The second kappa shape index (κ2) is 10.4. The van der Waals surface area contributed by atoms with Crippen molar-refractivity contribution in [2.75, 3.05) is 30.0 Å². The molecule has 1 heterocycles. The summed E-state index contributed by atoms with van der Waals surface area (Å²) in [5, 5.41) is 8.04. The molecule has 0 fully saturated rings. The van der Waals surface area contributed by atoms with Gasteiger partial charge in [-0.3, -0.25) is 0 Å². The predicted molar refractivity (Wildman–Crippen MR) is 124 cm³/mol. The second-order valence-electron chi connectivity index (χ2n) is 7.54. The average molecular weight is 474 g/mol. The number of aryl methyl sites for hydroxylation is 2. The van der Waals surface area contributed by atoms with Gasteiger partial charge in [-0.25, -0.2) is 9.78 Å². The lowest BCUT2D eigenvalue weighted by atomic mass is 10.1. The van der Waals surface area contributed by atoms with E-state index in [-0.39, 0.29) is 17.2 Å². The zero-order valence-corrected chi connectivity index (χ0v) is 18.9. The van der Waals surface area contributed by atoms with Gasteiger partial charge in [-0.05, 0) is 75.8 Å². The van der Waals surface area contributed by atoms with Crippen LogP contribution >= 0.6 is 0 Å². The minimum absolute atomic E-state index is 0.0289. The van der Waals surface area contributed by atoms with Gasteiger partial charge in [-0.2, -0.15) is 18.2 Å². The molecule has 0 saturated heterocycles. The van der Waals surface area contributed by atoms with E-state index in [0.29, 0.717) is 30.3 Å². The number of alkyl halides is 3. The maximum Gasteiger partial charge on any atom is 0.416 e. The van der Waals surface area contributed by atoms with Crippen molar-refractivity contribution in [2.24, 2.45) is 0 Å². The number of carbonyl (C=O) groups excluding carboxylic acids is 1. The molecule has 2 aromatic carbocycles. The van der Waals surface area contributed by atoms with Crippen LogP contribution in [-0.2, 0) is 12.6 Å². The van der Waals surface area contributed by atoms with Gasteiger partial charge in [-0.15, -0.1) is 0 Å². The predicted octanol–water partition coefficient (Wildman–Crippen LogP) is 4.89. The first-order valence-corrected chi connectivity index (χ1v) is 10.4. The molecule has 0 atom stereocenters. The fourth-order valence-corrected chi connectivity index (χ4v) is 3.23. The molecule has 0 radical (unpaired) electrons. The van der Waals surface area contributed by atoms with Crippen LogP contribution < -0.4 is 26.4 Å². The summed E-state index contributed by atoms with van der Waals surface area (Å²) in [4.78, 5) is 20.6. The molecule has 0 aliphatic rings. The van der Waals surface area contributed by atoms with Crippen molar-refractivity contribution in [1.82, 2.24) is 15.3 Å². The van der Waals surface area contributed by atoms with Gasteiger partial charge < -0.3 is 26.4 Å². The summed E-state index contributed by atoms with van der Waals surface area (Å²) in [7, 11) is 1.84. The van der Waals surface area contributed by atoms with Gasteiger partial charge in [0.25, 0.3) is 0 Å². The van der Waals surface area contributed by atoms with Crippen LogP contribution in [0, 0.1) is 13.8 Å². The summed E-state index contributed by atoms with van der Waals surface area (Å²) < 4.78 is 45.1. The van der Waals surface area contributed by atoms with Crippen LogP contribution in [-0.4, -0.2) is 29.6 Å². The van der Waals surface area contributed by atoms with Crippen molar-refractivity contribution in [3.8, 4) is 11.6 Å². The van der Waals surface area contributed by atoms with Crippen molar-refractivity contribution < 1.29 is 22.7 Å². The number of benzene rings is 2. The smallest absolute Gasteiger partial charge is 0.416 e. The van der Waals surface area contributed by atoms with Crippen molar-refractivity contribution in [3.63, 3.8) is 0 Å². The van der Waals surface area contributed by atoms with E-state index in [1.807, 2.05) is 14.0 Å². The number of rotatable bonds is 7. The van der Waals surface area contributed by atoms with E-state index >= 15 is 0 Å². The van der Waals surface area contributed by atoms with E-state index in [4.69, 9.17) is 10.5 Å². The number of urea groups is 1. The minimum atomic E-state index is -4.51. The van der Waals surface area contributed by atoms with Crippen LogP contribution in [0.5, 0.6) is 11.6 Å². The quantitative estimate of drug-likeness (QED) is 0.388. The monoisotopic (exact) mass is 474 g/mol. The number of hydrogen-bond donors (Lipinski definition) is 4. The van der Waals surface area contributed by atoms with Crippen molar-refractivity contribution in [2.45, 2.75) is 26.4 Å². The molecule has 3 rings (SSSR count). The molecular weight excluding hydrogens is 449 g/mol. The number of amides is 2. The molecule has 2 amide bonds. The molecule has 0 unspecified atom stereocenters. The molecule has 180 valence electrons. The SMILES string of the molecule is CNCCc1c(C)nc(N)nc1Oc1ccc(NC(=O)Nc2ccc(C)c(C(F)(F)F)c2)cc1. The number of nitrogens with one attached hydrogen (secondary N) is 3. The van der Waals surface area contributed by atoms with Crippen LogP contribution in [0.2, 0.25) is 0 Å². The molecule has 0 saturated carbocycles. The number of nitrogens with zero attached hydrogens (tertiary/aromatic N) is 2. The number of hydrogen-bond acceptors (Lipinski definition) is 6. The van der Waals surface area contributed by atoms with E-state index in [1.54, 1.807) is 24.3 Å². The topological polar surface area (TPSA) is 114 Å². The Balaban J connectivity index is 1.67. The van der Waals surface area contributed by atoms with Crippen molar-refractivity contribution in [3.05, 3.63) is 64.8 Å². The van der Waals surface area contributed by atoms with Crippen LogP contribution in [0.1, 0.15) is 22.4 Å². The summed E-state index contributed by atoms with van der Waals surface area (Å²) in [6, 6.07) is 9.36. The summed E-state index contributed by atoms with van der Waals surface area (Å²) >= 11 is 0. The molecule has 34 heavy (non-hydrogen) atoms. The maximum absolute atomic E-state index is 13.1. The van der Waals surface area contributed by atoms with Gasteiger partial charge in [0, 0.05) is 22.6 Å². The second-order valence-corrected chi connectivity index (χ2v) is 7.54. The third-order valence-electron chi connectivity index (χ3n) is 4.95. The average Bonchev–Trinajstić information content (AvgIpc) is 2.75. The lowest BCUT2D eigenvalue weighted by molar-refractivity contribution is -0.138. The van der Waals surface area contributed by atoms with Gasteiger partial charge in [0.05, 0.1) is 5.56 Å². The van der Waals surface area contributed by atoms with E-state index in [0.717, 1.165) is 17.3 Å². The van der Waals surface area contributed by atoms with Crippen LogP contribution in [0.25, 0.3) is 0 Å². The van der Waals surface area contributed by atoms with Gasteiger partial charge in [-0.1, -0.05) is 6.07 Å². The Hall–Kier alpha value is -3.86. The van der Waals surface area contributed by atoms with E-state index in [2.05, 4.69) is 25.9 Å². The summed E-state index contributed by atoms with van der Waals surface area (Å²) in [5.41, 5.74) is 7.02. The normalized spacial score (nSPS) is 11.2.